The van der Waals surface area contributed by atoms with E-state index >= 15 is 0 Å². The zero-order valence-corrected chi connectivity index (χ0v) is 13.9. The standard InChI is InChI=1S/C16H23N3O3S/c17-11-12-3-1-4-15(12)16(20)18-13-5-7-14(8-6-13)19-9-2-10-23(19,21)22/h5-8,12,15H,1-4,9-11,17H2,(H,18,20)/t12-,15-/m1/s1. The summed E-state index contributed by atoms with van der Waals surface area (Å²) < 4.78 is 25.3. The van der Waals surface area contributed by atoms with E-state index in [-0.39, 0.29) is 23.5 Å². The van der Waals surface area contributed by atoms with Crippen LogP contribution in [0.3, 0.4) is 0 Å². The molecule has 23 heavy (non-hydrogen) atoms. The molecule has 2 atom stereocenters. The molecule has 1 saturated carbocycles. The van der Waals surface area contributed by atoms with Crippen LogP contribution in [0.4, 0.5) is 11.4 Å². The minimum Gasteiger partial charge on any atom is -0.330 e. The fourth-order valence-electron chi connectivity index (χ4n) is 3.54. The van der Waals surface area contributed by atoms with E-state index in [0.717, 1.165) is 19.3 Å². The molecule has 0 bridgehead atoms. The number of sulfonamides is 1. The predicted molar refractivity (Wildman–Crippen MR) is 90.7 cm³/mol. The molecule has 0 unspecified atom stereocenters. The Morgan fingerprint density at radius 1 is 1.22 bits per heavy atom. The summed E-state index contributed by atoms with van der Waals surface area (Å²) >= 11 is 0. The molecule has 1 saturated heterocycles. The van der Waals surface area contributed by atoms with Gasteiger partial charge in [-0.3, -0.25) is 9.10 Å². The molecule has 3 rings (SSSR count). The second kappa shape index (κ2) is 6.49. The first kappa shape index (κ1) is 16.3. The molecular formula is C16H23N3O3S. The van der Waals surface area contributed by atoms with Gasteiger partial charge in [-0.15, -0.1) is 0 Å². The molecule has 1 aromatic carbocycles. The molecule has 6 nitrogen and oxygen atoms in total. The van der Waals surface area contributed by atoms with Gasteiger partial charge in [-0.05, 0) is 56.0 Å². The van der Waals surface area contributed by atoms with Gasteiger partial charge in [-0.25, -0.2) is 8.42 Å². The van der Waals surface area contributed by atoms with Crippen LogP contribution in [0.5, 0.6) is 0 Å². The van der Waals surface area contributed by atoms with Crippen LogP contribution in [0, 0.1) is 11.8 Å². The third-order valence-corrected chi connectivity index (χ3v) is 6.69. The number of carbonyl (C=O) groups is 1. The van der Waals surface area contributed by atoms with Crippen molar-refractivity contribution >= 4 is 27.3 Å². The van der Waals surface area contributed by atoms with Crippen molar-refractivity contribution in [2.24, 2.45) is 17.6 Å². The minimum absolute atomic E-state index is 0.0134. The normalized spacial score (nSPS) is 26.4. The molecule has 7 heteroatoms. The van der Waals surface area contributed by atoms with Crippen LogP contribution in [0.25, 0.3) is 0 Å². The highest BCUT2D eigenvalue weighted by Crippen LogP contribution is 2.32. The van der Waals surface area contributed by atoms with Crippen LogP contribution in [0.2, 0.25) is 0 Å². The van der Waals surface area contributed by atoms with Crippen LogP contribution in [0.15, 0.2) is 24.3 Å². The van der Waals surface area contributed by atoms with Crippen LogP contribution in [-0.2, 0) is 14.8 Å². The molecule has 1 heterocycles. The fraction of sp³-hybridized carbons (Fsp3) is 0.562. The summed E-state index contributed by atoms with van der Waals surface area (Å²) in [5.41, 5.74) is 7.07. The summed E-state index contributed by atoms with van der Waals surface area (Å²) in [5.74, 6) is 0.468. The maximum Gasteiger partial charge on any atom is 0.235 e. The lowest BCUT2D eigenvalue weighted by molar-refractivity contribution is -0.120. The molecule has 1 aliphatic heterocycles. The molecule has 3 N–H and O–H groups in total. The van der Waals surface area contributed by atoms with E-state index in [9.17, 15) is 13.2 Å². The maximum absolute atomic E-state index is 12.4. The molecule has 0 radical (unpaired) electrons. The number of anilines is 2. The Hall–Kier alpha value is -1.60. The molecule has 2 aliphatic rings. The largest absolute Gasteiger partial charge is 0.330 e. The van der Waals surface area contributed by atoms with Crippen molar-refractivity contribution in [3.63, 3.8) is 0 Å². The van der Waals surface area contributed by atoms with Gasteiger partial charge in [0.05, 0.1) is 11.4 Å². The third kappa shape index (κ3) is 3.35. The minimum atomic E-state index is -3.17. The van der Waals surface area contributed by atoms with Crippen molar-refractivity contribution in [3.05, 3.63) is 24.3 Å². The summed E-state index contributed by atoms with van der Waals surface area (Å²) in [6.07, 6.45) is 3.60. The van der Waals surface area contributed by atoms with Crippen molar-refractivity contribution in [2.75, 3.05) is 28.5 Å². The Bertz CT molecular complexity index is 672. The summed E-state index contributed by atoms with van der Waals surface area (Å²) in [7, 11) is -3.17. The molecule has 1 amide bonds. The van der Waals surface area contributed by atoms with Gasteiger partial charge in [0.1, 0.15) is 0 Å². The van der Waals surface area contributed by atoms with Crippen molar-refractivity contribution < 1.29 is 13.2 Å². The highest BCUT2D eigenvalue weighted by Gasteiger charge is 2.32. The fourth-order valence-corrected chi connectivity index (χ4v) is 5.10. The van der Waals surface area contributed by atoms with Crippen LogP contribution >= 0.6 is 0 Å². The van der Waals surface area contributed by atoms with Gasteiger partial charge in [-0.2, -0.15) is 0 Å². The van der Waals surface area contributed by atoms with E-state index < -0.39 is 10.0 Å². The second-order valence-electron chi connectivity index (χ2n) is 6.31. The summed E-state index contributed by atoms with van der Waals surface area (Å²) in [6, 6.07) is 7.00. The van der Waals surface area contributed by atoms with Crippen molar-refractivity contribution in [2.45, 2.75) is 25.7 Å². The monoisotopic (exact) mass is 337 g/mol. The lowest BCUT2D eigenvalue weighted by Gasteiger charge is -2.19. The van der Waals surface area contributed by atoms with E-state index in [1.165, 1.54) is 4.31 Å². The molecule has 1 aliphatic carbocycles. The topological polar surface area (TPSA) is 92.5 Å². The van der Waals surface area contributed by atoms with Crippen molar-refractivity contribution in [1.29, 1.82) is 0 Å². The number of nitrogens with zero attached hydrogens (tertiary/aromatic N) is 1. The van der Waals surface area contributed by atoms with Crippen LogP contribution in [-0.4, -0.2) is 33.2 Å². The Morgan fingerprint density at radius 2 is 1.96 bits per heavy atom. The number of amides is 1. The lowest BCUT2D eigenvalue weighted by Crippen LogP contribution is -2.29. The smallest absolute Gasteiger partial charge is 0.235 e. The maximum atomic E-state index is 12.4. The first-order chi connectivity index (χ1) is 11.0. The summed E-state index contributed by atoms with van der Waals surface area (Å²) in [4.78, 5) is 12.4. The number of carbonyl (C=O) groups excluding carboxylic acids is 1. The average molecular weight is 337 g/mol. The van der Waals surface area contributed by atoms with E-state index in [1.54, 1.807) is 24.3 Å². The Kier molecular flexibility index (Phi) is 4.59. The number of rotatable bonds is 4. The zero-order valence-electron chi connectivity index (χ0n) is 13.1. The van der Waals surface area contributed by atoms with Crippen molar-refractivity contribution in [1.82, 2.24) is 0 Å². The van der Waals surface area contributed by atoms with E-state index in [0.29, 0.717) is 30.9 Å². The van der Waals surface area contributed by atoms with E-state index in [1.807, 2.05) is 0 Å². The summed E-state index contributed by atoms with van der Waals surface area (Å²) in [6.45, 7) is 1.07. The molecule has 0 spiro atoms. The molecule has 0 aromatic heterocycles. The predicted octanol–water partition coefficient (Wildman–Crippen LogP) is 1.54. The van der Waals surface area contributed by atoms with E-state index in [4.69, 9.17) is 5.73 Å². The van der Waals surface area contributed by atoms with Crippen LogP contribution < -0.4 is 15.4 Å². The molecule has 1 aromatic rings. The second-order valence-corrected chi connectivity index (χ2v) is 8.32. The number of hydrogen-bond donors (Lipinski definition) is 2. The van der Waals surface area contributed by atoms with Gasteiger partial charge >= 0.3 is 0 Å². The van der Waals surface area contributed by atoms with Gasteiger partial charge in [0.15, 0.2) is 0 Å². The summed E-state index contributed by atoms with van der Waals surface area (Å²) in [5, 5.41) is 2.92. The van der Waals surface area contributed by atoms with Gasteiger partial charge in [0, 0.05) is 18.2 Å². The third-order valence-electron chi connectivity index (χ3n) is 4.82. The Morgan fingerprint density at radius 3 is 2.57 bits per heavy atom. The number of hydrogen-bond acceptors (Lipinski definition) is 4. The van der Waals surface area contributed by atoms with Gasteiger partial charge in [0.25, 0.3) is 0 Å². The zero-order chi connectivity index (χ0) is 16.4. The SMILES string of the molecule is NC[C@H]1CCC[C@H]1C(=O)Nc1ccc(N2CCCS2(=O)=O)cc1. The highest BCUT2D eigenvalue weighted by molar-refractivity contribution is 7.93. The highest BCUT2D eigenvalue weighted by atomic mass is 32.2. The number of nitrogens with one attached hydrogen (secondary N) is 1. The quantitative estimate of drug-likeness (QED) is 0.871. The average Bonchev–Trinajstić information content (AvgIpc) is 3.13. The first-order valence-electron chi connectivity index (χ1n) is 8.12. The molecule has 2 fully saturated rings. The van der Waals surface area contributed by atoms with Crippen LogP contribution in [0.1, 0.15) is 25.7 Å². The van der Waals surface area contributed by atoms with E-state index in [2.05, 4.69) is 5.32 Å². The Balaban J connectivity index is 1.67. The molecular weight excluding hydrogens is 314 g/mol. The Labute approximate surface area is 137 Å². The molecule has 126 valence electrons. The van der Waals surface area contributed by atoms with Gasteiger partial charge < -0.3 is 11.1 Å². The van der Waals surface area contributed by atoms with Crippen molar-refractivity contribution in [3.8, 4) is 0 Å². The number of benzene rings is 1. The number of nitrogens with two attached hydrogens (primary N) is 1. The van der Waals surface area contributed by atoms with Gasteiger partial charge in [0.2, 0.25) is 15.9 Å². The van der Waals surface area contributed by atoms with Gasteiger partial charge in [-0.1, -0.05) is 6.42 Å². The lowest BCUT2D eigenvalue weighted by atomic mass is 9.95. The first-order valence-corrected chi connectivity index (χ1v) is 9.73.